The lowest BCUT2D eigenvalue weighted by Gasteiger charge is -2.36. The molecule has 8 rings (SSSR count). The van der Waals surface area contributed by atoms with Gasteiger partial charge in [0.25, 0.3) is 23.6 Å². The molecule has 408 valence electrons. The molecule has 3 heterocycles. The second kappa shape index (κ2) is 23.3. The lowest BCUT2D eigenvalue weighted by atomic mass is 9.85. The maximum absolute atomic E-state index is 14.8. The number of benzene rings is 3. The van der Waals surface area contributed by atoms with Crippen LogP contribution in [-0.4, -0.2) is 136 Å². The number of alkyl halides is 1. The van der Waals surface area contributed by atoms with Crippen LogP contribution in [0, 0.1) is 12.3 Å². The van der Waals surface area contributed by atoms with Gasteiger partial charge in [-0.05, 0) is 91.0 Å². The van der Waals surface area contributed by atoms with Gasteiger partial charge in [0.15, 0.2) is 23.7 Å². The minimum absolute atomic E-state index is 0.0234. The van der Waals surface area contributed by atoms with E-state index in [0.29, 0.717) is 36.1 Å². The van der Waals surface area contributed by atoms with E-state index in [9.17, 15) is 48.2 Å². The summed E-state index contributed by atoms with van der Waals surface area (Å²) >= 11 is 1.48. The Morgan fingerprint density at radius 3 is 2.32 bits per heavy atom. The Labute approximate surface area is 448 Å². The Bertz CT molecular complexity index is 3040. The van der Waals surface area contributed by atoms with Crippen molar-refractivity contribution in [2.24, 2.45) is 5.41 Å². The number of aryl methyl sites for hydroxylation is 2. The van der Waals surface area contributed by atoms with Crippen molar-refractivity contribution in [3.05, 3.63) is 106 Å². The number of fused-ring (bicyclic) bond motifs is 1. The number of hydrogen-bond donors (Lipinski definition) is 7. The molecule has 1 aliphatic heterocycles. The van der Waals surface area contributed by atoms with Crippen molar-refractivity contribution in [2.45, 2.75) is 109 Å². The molecule has 2 aromatic heterocycles. The molecular weight excluding hydrogens is 1010 g/mol. The van der Waals surface area contributed by atoms with Crippen LogP contribution in [0.2, 0.25) is 0 Å². The number of aromatic nitrogens is 2. The number of carbonyl (C=O) groups is 7. The summed E-state index contributed by atoms with van der Waals surface area (Å²) in [4.78, 5) is 101. The van der Waals surface area contributed by atoms with E-state index in [1.165, 1.54) is 39.3 Å². The summed E-state index contributed by atoms with van der Waals surface area (Å²) in [7, 11) is 3.15. The average Bonchev–Trinajstić information content (AvgIpc) is 3.92. The Balaban J connectivity index is 0.820. The van der Waals surface area contributed by atoms with Gasteiger partial charge in [0.1, 0.15) is 23.6 Å². The molecule has 2 aliphatic carbocycles. The number of aliphatic hydroxyl groups is 1. The third-order valence-electron chi connectivity index (χ3n) is 13.9. The van der Waals surface area contributed by atoms with E-state index in [4.69, 9.17) is 9.26 Å². The third kappa shape index (κ3) is 13.3. The van der Waals surface area contributed by atoms with Crippen molar-refractivity contribution in [2.75, 3.05) is 40.3 Å². The molecule has 5 atom stereocenters. The first-order valence-electron chi connectivity index (χ1n) is 25.5. The number of nitrogens with one attached hydrogen (secondary N) is 5. The Kier molecular flexibility index (Phi) is 16.8. The van der Waals surface area contributed by atoms with Crippen LogP contribution in [0.25, 0.3) is 21.8 Å². The number of thiazole rings is 1. The van der Waals surface area contributed by atoms with E-state index in [1.54, 1.807) is 70.7 Å². The van der Waals surface area contributed by atoms with Gasteiger partial charge in [0, 0.05) is 51.8 Å². The second-order valence-corrected chi connectivity index (χ2v) is 21.9. The monoisotopic (exact) mass is 1080 g/mol. The van der Waals surface area contributed by atoms with Gasteiger partial charge in [0.2, 0.25) is 17.7 Å². The number of aliphatic hydroxyl groups excluding tert-OH is 1. The topological polar surface area (TPSA) is 275 Å². The molecule has 20 nitrogen and oxygen atoms in total. The quantitative estimate of drug-likeness (QED) is 0.0515. The number of amides is 7. The maximum atomic E-state index is 14.8. The third-order valence-corrected chi connectivity index (χ3v) is 14.9. The molecule has 1 saturated carbocycles. The molecule has 1 saturated heterocycles. The van der Waals surface area contributed by atoms with Gasteiger partial charge in [-0.25, -0.2) is 9.37 Å². The Hall–Kier alpha value is -7.72. The normalized spacial score (nSPS) is 18.1. The summed E-state index contributed by atoms with van der Waals surface area (Å²) in [6.45, 7) is 6.98. The number of ether oxygens (including phenoxy) is 1. The number of rotatable bonds is 20. The van der Waals surface area contributed by atoms with Crippen LogP contribution in [0.1, 0.15) is 115 Å². The number of phenolic OH excluding ortho intramolecular Hbond substituents is 1. The van der Waals surface area contributed by atoms with Crippen LogP contribution >= 0.6 is 11.3 Å². The largest absolute Gasteiger partial charge is 0.507 e. The smallest absolute Gasteiger partial charge is 0.273 e. The number of halogens is 1. The zero-order valence-electron chi connectivity index (χ0n) is 43.7. The number of β-amino-alcohol motifs (C(OH)–C–C–N with tert-alkyl or cyclic N) is 1. The molecular formula is C55H64FN9O11S. The molecule has 0 spiro atoms. The van der Waals surface area contributed by atoms with Crippen molar-refractivity contribution >= 4 is 52.7 Å². The van der Waals surface area contributed by atoms with Gasteiger partial charge in [-0.1, -0.05) is 62.3 Å². The predicted molar refractivity (Wildman–Crippen MR) is 281 cm³/mol. The van der Waals surface area contributed by atoms with Gasteiger partial charge < -0.3 is 55.9 Å². The highest BCUT2D eigenvalue weighted by molar-refractivity contribution is 7.13. The van der Waals surface area contributed by atoms with Gasteiger partial charge >= 0.3 is 0 Å². The summed E-state index contributed by atoms with van der Waals surface area (Å²) in [5, 5.41) is 39.3. The Morgan fingerprint density at radius 1 is 0.948 bits per heavy atom. The molecule has 0 radical (unpaired) electrons. The summed E-state index contributed by atoms with van der Waals surface area (Å²) in [6, 6.07) is 15.1. The molecule has 22 heteroatoms. The van der Waals surface area contributed by atoms with E-state index in [-0.39, 0.29) is 86.6 Å². The van der Waals surface area contributed by atoms with Gasteiger partial charge in [-0.15, -0.1) is 11.3 Å². The molecule has 3 aromatic carbocycles. The highest BCUT2D eigenvalue weighted by atomic mass is 32.1. The molecule has 77 heavy (non-hydrogen) atoms. The first kappa shape index (κ1) is 55.5. The molecule has 2 fully saturated rings. The lowest BCUT2D eigenvalue weighted by molar-refractivity contribution is -0.145. The fourth-order valence-electron chi connectivity index (χ4n) is 9.36. The van der Waals surface area contributed by atoms with E-state index in [0.717, 1.165) is 27.3 Å². The molecule has 7 N–H and O–H groups in total. The van der Waals surface area contributed by atoms with Gasteiger partial charge in [0.05, 0.1) is 46.3 Å². The summed E-state index contributed by atoms with van der Waals surface area (Å²) < 4.78 is 26.0. The van der Waals surface area contributed by atoms with Crippen LogP contribution in [0.5, 0.6) is 11.5 Å². The number of carbonyl (C=O) groups excluding carboxylic acids is 7. The van der Waals surface area contributed by atoms with Crippen LogP contribution in [0.3, 0.4) is 0 Å². The molecule has 0 unspecified atom stereocenters. The zero-order chi connectivity index (χ0) is 55.3. The highest BCUT2D eigenvalue weighted by Gasteiger charge is 2.53. The van der Waals surface area contributed by atoms with E-state index in [2.05, 4.69) is 36.7 Å². The molecule has 3 aliphatic rings. The van der Waals surface area contributed by atoms with E-state index < -0.39 is 70.8 Å². The van der Waals surface area contributed by atoms with Gasteiger partial charge in [-0.2, -0.15) is 0 Å². The summed E-state index contributed by atoms with van der Waals surface area (Å²) in [5.74, 6) is -3.36. The van der Waals surface area contributed by atoms with Crippen LogP contribution in [0.15, 0.2) is 76.8 Å². The summed E-state index contributed by atoms with van der Waals surface area (Å²) in [5.41, 5.74) is 3.62. The maximum Gasteiger partial charge on any atom is 0.273 e. The van der Waals surface area contributed by atoms with Crippen molar-refractivity contribution in [1.82, 2.24) is 46.5 Å². The first-order valence-corrected chi connectivity index (χ1v) is 26.4. The Morgan fingerprint density at radius 2 is 1.66 bits per heavy atom. The van der Waals surface area contributed by atoms with Crippen molar-refractivity contribution < 1.29 is 57.4 Å². The molecule has 0 bridgehead atoms. The summed E-state index contributed by atoms with van der Waals surface area (Å²) in [6.07, 6.45) is 0.472. The second-order valence-electron chi connectivity index (χ2n) is 21.1. The fourth-order valence-corrected chi connectivity index (χ4v) is 10.2. The minimum Gasteiger partial charge on any atom is -0.507 e. The molecule has 5 aromatic rings. The van der Waals surface area contributed by atoms with Gasteiger partial charge in [-0.3, -0.25) is 33.6 Å². The van der Waals surface area contributed by atoms with Crippen molar-refractivity contribution in [3.63, 3.8) is 0 Å². The number of aromatic hydroxyl groups is 1. The fraction of sp³-hybridized carbons (Fsp3) is 0.436. The number of phenols is 1. The standard InChI is InChI=1S/C55H64FN9O11S/c1-30-47(77-29-59-30)33-10-8-32(9-11-33)40(61-50(71)42-23-35(66)27-65(42)52(73)48(54(2,3)4)62-53(74)55(56)18-19-55)26-45(68)57-20-7-21-58-46(69)28-75-36-15-12-31-14-17-39(38(31)24-36)60-49(70)41-25-44(76-63-41)34-13-16-37(43(67)22-34)51(72)64(5)6/h8-13,15-16,22,24-25,29,35,39-40,42,48,66-67H,7,14,17-21,23,26-28H2,1-6H3,(H,57,68)(H,58,69)(H,60,70)(H,61,71)(H,62,74)/t35-,39-,40+,42+,48-/m1/s1. The molecule has 7 amide bonds. The minimum atomic E-state index is -2.03. The number of likely N-dealkylation sites (tertiary alicyclic amines) is 1. The highest BCUT2D eigenvalue weighted by Crippen LogP contribution is 2.41. The number of hydrogen-bond acceptors (Lipinski definition) is 14. The van der Waals surface area contributed by atoms with Crippen LogP contribution in [-0.2, 0) is 30.4 Å². The van der Waals surface area contributed by atoms with Crippen LogP contribution < -0.4 is 31.3 Å². The van der Waals surface area contributed by atoms with E-state index >= 15 is 0 Å². The lowest BCUT2D eigenvalue weighted by Crippen LogP contribution is -2.59. The average molecular weight is 1080 g/mol. The van der Waals surface area contributed by atoms with E-state index in [1.807, 2.05) is 25.1 Å². The first-order chi connectivity index (χ1) is 36.6. The van der Waals surface area contributed by atoms with Crippen LogP contribution in [0.4, 0.5) is 4.39 Å². The van der Waals surface area contributed by atoms with Crippen molar-refractivity contribution in [3.8, 4) is 33.3 Å². The predicted octanol–water partition coefficient (Wildman–Crippen LogP) is 4.84. The zero-order valence-corrected chi connectivity index (χ0v) is 44.6. The SMILES string of the molecule is Cc1ncsc1-c1ccc([C@H](CC(=O)NCCCNC(=O)COc2ccc3c(c2)[C@H](NC(=O)c2cc(-c4ccc(C(=O)N(C)C)c(O)c4)on2)CC3)NC(=O)[C@@H]2C[C@@H](O)CN2C(=O)[C@@H](NC(=O)C2(F)CC2)C(C)(C)C)cc1. The van der Waals surface area contributed by atoms with Crippen molar-refractivity contribution in [1.29, 1.82) is 0 Å². The number of nitrogens with zero attached hydrogens (tertiary/aromatic N) is 4.